The largest absolute Gasteiger partial charge is 0.306 e. The highest BCUT2D eigenvalue weighted by atomic mass is 35.5. The first kappa shape index (κ1) is 14.3. The lowest BCUT2D eigenvalue weighted by atomic mass is 10.1. The molecule has 1 N–H and O–H groups in total. The lowest BCUT2D eigenvalue weighted by molar-refractivity contribution is 0.565. The van der Waals surface area contributed by atoms with E-state index >= 15 is 0 Å². The van der Waals surface area contributed by atoms with Crippen molar-refractivity contribution >= 4 is 23.2 Å². The number of nitrogens with one attached hydrogen (secondary N) is 1. The van der Waals surface area contributed by atoms with E-state index in [9.17, 15) is 4.39 Å². The van der Waals surface area contributed by atoms with E-state index in [0.29, 0.717) is 16.6 Å². The zero-order valence-electron chi connectivity index (χ0n) is 10.5. The van der Waals surface area contributed by atoms with Crippen LogP contribution < -0.4 is 5.32 Å². The molecule has 0 saturated heterocycles. The maximum Gasteiger partial charge on any atom is 0.123 e. The highest BCUT2D eigenvalue weighted by Gasteiger charge is 2.06. The van der Waals surface area contributed by atoms with Crippen molar-refractivity contribution < 1.29 is 4.39 Å². The molecule has 0 aliphatic rings. The van der Waals surface area contributed by atoms with Crippen LogP contribution in [0, 0.1) is 5.82 Å². The second-order valence-corrected chi connectivity index (χ2v) is 5.22. The number of rotatable bonds is 4. The van der Waals surface area contributed by atoms with Gasteiger partial charge in [0, 0.05) is 12.6 Å². The van der Waals surface area contributed by atoms with Gasteiger partial charge in [0.25, 0.3) is 0 Å². The van der Waals surface area contributed by atoms with Crippen LogP contribution in [0.25, 0.3) is 0 Å². The van der Waals surface area contributed by atoms with Crippen LogP contribution >= 0.6 is 23.2 Å². The molecule has 2 rings (SSSR count). The van der Waals surface area contributed by atoms with Crippen LogP contribution in [-0.4, -0.2) is 0 Å². The standard InChI is InChI=1S/C15H14Cl2FN/c1-10(12-3-2-4-13(18)8-12)19-9-11-5-6-14(16)15(17)7-11/h2-8,10,19H,9H2,1H3/t10-/m1/s1. The Morgan fingerprint density at radius 3 is 2.58 bits per heavy atom. The molecule has 0 amide bonds. The van der Waals surface area contributed by atoms with Gasteiger partial charge in [0.1, 0.15) is 5.82 Å². The van der Waals surface area contributed by atoms with Crippen molar-refractivity contribution in [3.05, 3.63) is 69.5 Å². The molecule has 0 spiro atoms. The average molecular weight is 298 g/mol. The van der Waals surface area contributed by atoms with Gasteiger partial charge < -0.3 is 5.32 Å². The van der Waals surface area contributed by atoms with Crippen molar-refractivity contribution in [3.63, 3.8) is 0 Å². The zero-order valence-corrected chi connectivity index (χ0v) is 12.0. The van der Waals surface area contributed by atoms with Gasteiger partial charge in [0.05, 0.1) is 10.0 Å². The van der Waals surface area contributed by atoms with Gasteiger partial charge in [-0.25, -0.2) is 4.39 Å². The maximum atomic E-state index is 13.1. The molecule has 0 radical (unpaired) electrons. The Kier molecular flexibility index (Phi) is 4.81. The van der Waals surface area contributed by atoms with E-state index in [-0.39, 0.29) is 11.9 Å². The van der Waals surface area contributed by atoms with Gasteiger partial charge in [-0.15, -0.1) is 0 Å². The topological polar surface area (TPSA) is 12.0 Å². The van der Waals surface area contributed by atoms with Gasteiger partial charge >= 0.3 is 0 Å². The van der Waals surface area contributed by atoms with E-state index in [1.807, 2.05) is 25.1 Å². The number of hydrogen-bond acceptors (Lipinski definition) is 1. The molecule has 100 valence electrons. The Morgan fingerprint density at radius 1 is 1.11 bits per heavy atom. The molecule has 1 nitrogen and oxygen atoms in total. The summed E-state index contributed by atoms with van der Waals surface area (Å²) >= 11 is 11.8. The minimum atomic E-state index is -0.222. The fraction of sp³-hybridized carbons (Fsp3) is 0.200. The summed E-state index contributed by atoms with van der Waals surface area (Å²) in [6.45, 7) is 2.64. The maximum absolute atomic E-state index is 13.1. The van der Waals surface area contributed by atoms with Gasteiger partial charge in [-0.05, 0) is 42.3 Å². The summed E-state index contributed by atoms with van der Waals surface area (Å²) in [5.41, 5.74) is 1.96. The van der Waals surface area contributed by atoms with Crippen LogP contribution in [-0.2, 0) is 6.54 Å². The van der Waals surface area contributed by atoms with E-state index in [1.54, 1.807) is 12.1 Å². The summed E-state index contributed by atoms with van der Waals surface area (Å²) in [6.07, 6.45) is 0. The smallest absolute Gasteiger partial charge is 0.123 e. The highest BCUT2D eigenvalue weighted by Crippen LogP contribution is 2.23. The van der Waals surface area contributed by atoms with Crippen LogP contribution in [0.3, 0.4) is 0 Å². The van der Waals surface area contributed by atoms with Crippen molar-refractivity contribution in [3.8, 4) is 0 Å². The average Bonchev–Trinajstić information content (AvgIpc) is 2.40. The molecule has 4 heteroatoms. The summed E-state index contributed by atoms with van der Waals surface area (Å²) in [4.78, 5) is 0. The third-order valence-electron chi connectivity index (χ3n) is 2.95. The fourth-order valence-electron chi connectivity index (χ4n) is 1.81. The van der Waals surface area contributed by atoms with E-state index < -0.39 is 0 Å². The molecule has 1 atom stereocenters. The molecule has 0 heterocycles. The summed E-state index contributed by atoms with van der Waals surface area (Å²) in [6, 6.07) is 12.2. The number of halogens is 3. The molecular formula is C15H14Cl2FN. The van der Waals surface area contributed by atoms with Gasteiger partial charge in [-0.3, -0.25) is 0 Å². The van der Waals surface area contributed by atoms with Gasteiger partial charge in [0.15, 0.2) is 0 Å². The van der Waals surface area contributed by atoms with E-state index in [1.165, 1.54) is 12.1 Å². The molecule has 0 fully saturated rings. The Hall–Kier alpha value is -1.09. The van der Waals surface area contributed by atoms with Crippen LogP contribution in [0.5, 0.6) is 0 Å². The predicted molar refractivity (Wildman–Crippen MR) is 78.1 cm³/mol. The van der Waals surface area contributed by atoms with Crippen LogP contribution in [0.4, 0.5) is 4.39 Å². The Morgan fingerprint density at radius 2 is 1.89 bits per heavy atom. The lowest BCUT2D eigenvalue weighted by Gasteiger charge is -2.14. The second kappa shape index (κ2) is 6.38. The highest BCUT2D eigenvalue weighted by molar-refractivity contribution is 6.42. The van der Waals surface area contributed by atoms with Crippen molar-refractivity contribution in [2.75, 3.05) is 0 Å². The normalized spacial score (nSPS) is 12.4. The summed E-state index contributed by atoms with van der Waals surface area (Å²) < 4.78 is 13.1. The third-order valence-corrected chi connectivity index (χ3v) is 3.68. The third kappa shape index (κ3) is 3.93. The molecule has 0 aliphatic carbocycles. The van der Waals surface area contributed by atoms with Gasteiger partial charge in [-0.1, -0.05) is 41.4 Å². The molecule has 0 aromatic heterocycles. The fourth-order valence-corrected chi connectivity index (χ4v) is 2.14. The van der Waals surface area contributed by atoms with E-state index in [0.717, 1.165) is 11.1 Å². The predicted octanol–water partition coefficient (Wildman–Crippen LogP) is 4.98. The molecule has 2 aromatic rings. The van der Waals surface area contributed by atoms with E-state index in [4.69, 9.17) is 23.2 Å². The minimum Gasteiger partial charge on any atom is -0.306 e. The molecular weight excluding hydrogens is 284 g/mol. The molecule has 0 aliphatic heterocycles. The van der Waals surface area contributed by atoms with Gasteiger partial charge in [0.2, 0.25) is 0 Å². The van der Waals surface area contributed by atoms with Crippen LogP contribution in [0.2, 0.25) is 10.0 Å². The van der Waals surface area contributed by atoms with Crippen molar-refractivity contribution in [2.24, 2.45) is 0 Å². The molecule has 2 aromatic carbocycles. The Balaban J connectivity index is 2.00. The number of benzene rings is 2. The first-order chi connectivity index (χ1) is 9.06. The summed E-state index contributed by atoms with van der Waals surface area (Å²) in [5.74, 6) is -0.222. The Labute approximate surface area is 122 Å². The molecule has 0 unspecified atom stereocenters. The first-order valence-electron chi connectivity index (χ1n) is 5.99. The minimum absolute atomic E-state index is 0.0603. The molecule has 19 heavy (non-hydrogen) atoms. The summed E-state index contributed by atoms with van der Waals surface area (Å²) in [7, 11) is 0. The van der Waals surface area contributed by atoms with Crippen molar-refractivity contribution in [2.45, 2.75) is 19.5 Å². The lowest BCUT2D eigenvalue weighted by Crippen LogP contribution is -2.18. The summed E-state index contributed by atoms with van der Waals surface area (Å²) in [5, 5.41) is 4.41. The van der Waals surface area contributed by atoms with Crippen molar-refractivity contribution in [1.82, 2.24) is 5.32 Å². The number of hydrogen-bond donors (Lipinski definition) is 1. The Bertz CT molecular complexity index is 572. The second-order valence-electron chi connectivity index (χ2n) is 4.41. The van der Waals surface area contributed by atoms with E-state index in [2.05, 4.69) is 5.32 Å². The van der Waals surface area contributed by atoms with Crippen LogP contribution in [0.1, 0.15) is 24.1 Å². The van der Waals surface area contributed by atoms with Gasteiger partial charge in [-0.2, -0.15) is 0 Å². The van der Waals surface area contributed by atoms with Crippen LogP contribution in [0.15, 0.2) is 42.5 Å². The first-order valence-corrected chi connectivity index (χ1v) is 6.74. The monoisotopic (exact) mass is 297 g/mol. The zero-order chi connectivity index (χ0) is 13.8. The SMILES string of the molecule is C[C@@H](NCc1ccc(Cl)c(Cl)c1)c1cccc(F)c1. The molecule has 0 bridgehead atoms. The van der Waals surface area contributed by atoms with Crippen molar-refractivity contribution in [1.29, 1.82) is 0 Å². The quantitative estimate of drug-likeness (QED) is 0.839. The molecule has 0 saturated carbocycles.